The van der Waals surface area contributed by atoms with E-state index in [1.54, 1.807) is 31.2 Å². The number of allylic oxidation sites excluding steroid dienone is 1. The van der Waals surface area contributed by atoms with Crippen LogP contribution < -0.4 is 15.2 Å². The standard InChI is InChI=1S/C21H16ClN5O5/c1-2-31-15-8-11(7-14(19(15)28)27(29)30)16-13(9-23)20(24)32-21-17(16)18(25-26-21)10-3-5-12(22)6-4-10/h3-8,16,28H,2,24H2,1H3,(H,25,26)/t16-/m0/s1. The van der Waals surface area contributed by atoms with Crippen LogP contribution in [0.3, 0.4) is 0 Å². The Hall–Kier alpha value is -4.23. The largest absolute Gasteiger partial charge is 0.500 e. The third-order valence-electron chi connectivity index (χ3n) is 4.98. The second-order valence-corrected chi connectivity index (χ2v) is 7.26. The number of ether oxygens (including phenoxy) is 2. The van der Waals surface area contributed by atoms with Gasteiger partial charge in [-0.25, -0.2) is 0 Å². The number of phenols is 1. The SMILES string of the molecule is CCOc1cc([C@H]2C(C#N)=C(N)Oc3n[nH]c(-c4ccc(Cl)cc4)c32)cc([N+](=O)[O-])c1O. The Morgan fingerprint density at radius 2 is 2.12 bits per heavy atom. The number of aromatic amines is 1. The lowest BCUT2D eigenvalue weighted by Gasteiger charge is -2.24. The molecule has 3 aromatic rings. The molecule has 11 heteroatoms. The van der Waals surface area contributed by atoms with E-state index in [-0.39, 0.29) is 29.7 Å². The zero-order valence-electron chi connectivity index (χ0n) is 16.6. The third-order valence-corrected chi connectivity index (χ3v) is 5.23. The van der Waals surface area contributed by atoms with Crippen LogP contribution in [0.4, 0.5) is 5.69 Å². The molecular weight excluding hydrogens is 438 g/mol. The number of nitrogens with zero attached hydrogens (tertiary/aromatic N) is 3. The van der Waals surface area contributed by atoms with Crippen molar-refractivity contribution in [3.05, 3.63) is 74.1 Å². The first kappa shape index (κ1) is 21.0. The minimum absolute atomic E-state index is 0.0385. The van der Waals surface area contributed by atoms with Gasteiger partial charge in [0, 0.05) is 16.7 Å². The van der Waals surface area contributed by atoms with E-state index < -0.39 is 22.3 Å². The number of halogens is 1. The maximum Gasteiger partial charge on any atom is 0.314 e. The van der Waals surface area contributed by atoms with Gasteiger partial charge in [-0.2, -0.15) is 5.26 Å². The van der Waals surface area contributed by atoms with Crippen LogP contribution >= 0.6 is 11.6 Å². The summed E-state index contributed by atoms with van der Waals surface area (Å²) in [6.07, 6.45) is 0. The summed E-state index contributed by atoms with van der Waals surface area (Å²) in [5, 5.41) is 39.3. The predicted molar refractivity (Wildman–Crippen MR) is 114 cm³/mol. The molecule has 0 saturated carbocycles. The maximum absolute atomic E-state index is 11.6. The summed E-state index contributed by atoms with van der Waals surface area (Å²) in [6.45, 7) is 1.84. The lowest BCUT2D eigenvalue weighted by Crippen LogP contribution is -2.21. The van der Waals surface area contributed by atoms with Gasteiger partial charge in [-0.15, -0.1) is 5.10 Å². The molecule has 162 valence electrons. The van der Waals surface area contributed by atoms with E-state index >= 15 is 0 Å². The molecular formula is C21H16ClN5O5. The summed E-state index contributed by atoms with van der Waals surface area (Å²) >= 11 is 6.00. The number of hydrogen-bond donors (Lipinski definition) is 3. The number of nitrogens with two attached hydrogens (primary N) is 1. The normalized spacial score (nSPS) is 15.0. The number of rotatable bonds is 5. The highest BCUT2D eigenvalue weighted by Gasteiger charge is 2.37. The van der Waals surface area contributed by atoms with E-state index in [0.29, 0.717) is 27.4 Å². The minimum Gasteiger partial charge on any atom is -0.500 e. The highest BCUT2D eigenvalue weighted by molar-refractivity contribution is 6.30. The number of nitrogens with one attached hydrogen (secondary N) is 1. The zero-order chi connectivity index (χ0) is 23.0. The summed E-state index contributed by atoms with van der Waals surface area (Å²) in [6, 6.07) is 11.5. The number of nitriles is 1. The molecule has 2 aromatic carbocycles. The van der Waals surface area contributed by atoms with Gasteiger partial charge in [0.15, 0.2) is 5.75 Å². The lowest BCUT2D eigenvalue weighted by atomic mass is 9.82. The quantitative estimate of drug-likeness (QED) is 0.386. The molecule has 0 bridgehead atoms. The van der Waals surface area contributed by atoms with Crippen molar-refractivity contribution >= 4 is 17.3 Å². The van der Waals surface area contributed by atoms with Gasteiger partial charge in [0.1, 0.15) is 11.6 Å². The van der Waals surface area contributed by atoms with Crippen molar-refractivity contribution in [3.8, 4) is 34.7 Å². The number of nitro groups is 1. The van der Waals surface area contributed by atoms with E-state index in [2.05, 4.69) is 10.2 Å². The summed E-state index contributed by atoms with van der Waals surface area (Å²) in [5.74, 6) is -1.60. The fourth-order valence-corrected chi connectivity index (χ4v) is 3.73. The molecule has 32 heavy (non-hydrogen) atoms. The number of nitro benzene ring substituents is 1. The average molecular weight is 454 g/mol. The van der Waals surface area contributed by atoms with Crippen molar-refractivity contribution in [3.63, 3.8) is 0 Å². The molecule has 0 amide bonds. The topological polar surface area (TPSA) is 160 Å². The van der Waals surface area contributed by atoms with Gasteiger partial charge in [-0.05, 0) is 30.7 Å². The number of hydrogen-bond acceptors (Lipinski definition) is 8. The van der Waals surface area contributed by atoms with Crippen LogP contribution in [0.2, 0.25) is 5.02 Å². The van der Waals surface area contributed by atoms with Gasteiger partial charge >= 0.3 is 5.69 Å². The Morgan fingerprint density at radius 3 is 2.75 bits per heavy atom. The average Bonchev–Trinajstić information content (AvgIpc) is 3.18. The molecule has 1 aromatic heterocycles. The Kier molecular flexibility index (Phi) is 5.34. The van der Waals surface area contributed by atoms with E-state index in [4.69, 9.17) is 26.8 Å². The molecule has 10 nitrogen and oxygen atoms in total. The third kappa shape index (κ3) is 3.44. The molecule has 0 fully saturated rings. The molecule has 0 aliphatic carbocycles. The lowest BCUT2D eigenvalue weighted by molar-refractivity contribution is -0.386. The smallest absolute Gasteiger partial charge is 0.314 e. The molecule has 1 aliphatic heterocycles. The highest BCUT2D eigenvalue weighted by Crippen LogP contribution is 2.48. The van der Waals surface area contributed by atoms with E-state index in [1.165, 1.54) is 12.1 Å². The van der Waals surface area contributed by atoms with Gasteiger partial charge in [-0.1, -0.05) is 23.7 Å². The van der Waals surface area contributed by atoms with Gasteiger partial charge in [0.2, 0.25) is 17.5 Å². The Labute approximate surface area is 186 Å². The van der Waals surface area contributed by atoms with Gasteiger partial charge < -0.3 is 20.3 Å². The maximum atomic E-state index is 11.6. The first-order valence-electron chi connectivity index (χ1n) is 9.41. The van der Waals surface area contributed by atoms with E-state index in [9.17, 15) is 20.5 Å². The molecule has 2 heterocycles. The van der Waals surface area contributed by atoms with Crippen LogP contribution in [-0.2, 0) is 0 Å². The van der Waals surface area contributed by atoms with Crippen molar-refractivity contribution in [1.82, 2.24) is 10.2 Å². The second kappa shape index (κ2) is 8.13. The van der Waals surface area contributed by atoms with Crippen LogP contribution in [0.15, 0.2) is 47.9 Å². The minimum atomic E-state index is -0.869. The van der Waals surface area contributed by atoms with Gasteiger partial charge in [0.25, 0.3) is 0 Å². The van der Waals surface area contributed by atoms with Crippen LogP contribution in [0.5, 0.6) is 17.4 Å². The summed E-state index contributed by atoms with van der Waals surface area (Å²) in [5.41, 5.74) is 7.44. The summed E-state index contributed by atoms with van der Waals surface area (Å²) in [4.78, 5) is 10.9. The number of aromatic hydroxyl groups is 1. The van der Waals surface area contributed by atoms with E-state index in [0.717, 1.165) is 0 Å². The van der Waals surface area contributed by atoms with E-state index in [1.807, 2.05) is 6.07 Å². The zero-order valence-corrected chi connectivity index (χ0v) is 17.4. The molecule has 1 atom stereocenters. The van der Waals surface area contributed by atoms with Crippen molar-refractivity contribution in [1.29, 1.82) is 5.26 Å². The van der Waals surface area contributed by atoms with Gasteiger partial charge in [0.05, 0.1) is 28.7 Å². The van der Waals surface area contributed by atoms with Crippen molar-refractivity contribution in [2.45, 2.75) is 12.8 Å². The Morgan fingerprint density at radius 1 is 1.41 bits per heavy atom. The number of aromatic nitrogens is 2. The summed E-state index contributed by atoms with van der Waals surface area (Å²) in [7, 11) is 0. The molecule has 4 rings (SSSR count). The predicted octanol–water partition coefficient (Wildman–Crippen LogP) is 3.96. The number of benzene rings is 2. The first-order valence-corrected chi connectivity index (χ1v) is 9.79. The fraction of sp³-hybridized carbons (Fsp3) is 0.143. The second-order valence-electron chi connectivity index (χ2n) is 6.83. The number of H-pyrrole nitrogens is 1. The van der Waals surface area contributed by atoms with Crippen LogP contribution in [0, 0.1) is 21.4 Å². The monoisotopic (exact) mass is 453 g/mol. The molecule has 0 spiro atoms. The molecule has 0 saturated heterocycles. The molecule has 0 radical (unpaired) electrons. The fourth-order valence-electron chi connectivity index (χ4n) is 3.60. The molecule has 0 unspecified atom stereocenters. The van der Waals surface area contributed by atoms with Crippen molar-refractivity contribution in [2.24, 2.45) is 5.73 Å². The Bertz CT molecular complexity index is 1290. The van der Waals surface area contributed by atoms with Gasteiger partial charge in [-0.3, -0.25) is 15.2 Å². The van der Waals surface area contributed by atoms with Crippen LogP contribution in [-0.4, -0.2) is 26.8 Å². The number of fused-ring (bicyclic) bond motifs is 1. The summed E-state index contributed by atoms with van der Waals surface area (Å²) < 4.78 is 10.9. The van der Waals surface area contributed by atoms with Crippen LogP contribution in [0.1, 0.15) is 24.0 Å². The van der Waals surface area contributed by atoms with Crippen molar-refractivity contribution < 1.29 is 19.5 Å². The first-order chi connectivity index (χ1) is 15.3. The Balaban J connectivity index is 1.99. The molecule has 4 N–H and O–H groups in total. The van der Waals surface area contributed by atoms with Crippen LogP contribution in [0.25, 0.3) is 11.3 Å². The molecule has 1 aliphatic rings. The number of phenolic OH excluding ortho intramolecular Hbond substituents is 1. The van der Waals surface area contributed by atoms with Crippen molar-refractivity contribution in [2.75, 3.05) is 6.61 Å². The highest BCUT2D eigenvalue weighted by atomic mass is 35.5.